The van der Waals surface area contributed by atoms with Crippen molar-refractivity contribution >= 4 is 32.2 Å². The zero-order valence-corrected chi connectivity index (χ0v) is 25.7. The molecule has 43 heavy (non-hydrogen) atoms. The van der Waals surface area contributed by atoms with Gasteiger partial charge in [-0.25, -0.2) is 22.3 Å². The highest BCUT2D eigenvalue weighted by Gasteiger charge is 2.43. The Morgan fingerprint density at radius 1 is 0.814 bits per heavy atom. The van der Waals surface area contributed by atoms with Crippen LogP contribution in [0.5, 0.6) is 0 Å². The van der Waals surface area contributed by atoms with Crippen LogP contribution in [0.15, 0.2) is 106 Å². The summed E-state index contributed by atoms with van der Waals surface area (Å²) in [5.41, 5.74) is 7.25. The lowest BCUT2D eigenvalue weighted by atomic mass is 10.2. The molecule has 0 spiro atoms. The van der Waals surface area contributed by atoms with Crippen molar-refractivity contribution in [2.75, 3.05) is 19.6 Å². The molecule has 4 aromatic rings. The van der Waals surface area contributed by atoms with E-state index in [1.54, 1.807) is 36.4 Å². The summed E-state index contributed by atoms with van der Waals surface area (Å²) < 4.78 is 58.2. The van der Waals surface area contributed by atoms with E-state index in [9.17, 15) is 21.6 Å². The molecule has 1 unspecified atom stereocenters. The molecule has 0 bridgehead atoms. The lowest BCUT2D eigenvalue weighted by Gasteiger charge is -2.38. The number of hydrogen-bond donors (Lipinski definition) is 1. The standard InChI is InChI=1S/C31H33N5O5S2/c1-23-11-10-12-27(19-23)36-24(2)20-26(25(36)3)21-32-33-31(37)30-22-34(42(38,39)28-13-6-4-7-14-28)17-18-35(30)43(40,41)29-15-8-5-9-16-29/h4-16,19-21,30H,17-18,22H2,1-3H3,(H,33,37)/b32-21+. The predicted octanol–water partition coefficient (Wildman–Crippen LogP) is 3.62. The van der Waals surface area contributed by atoms with Crippen molar-refractivity contribution in [2.45, 2.75) is 36.6 Å². The first-order valence-corrected chi connectivity index (χ1v) is 16.6. The Kier molecular flexibility index (Phi) is 8.65. The normalized spacial score (nSPS) is 16.9. The van der Waals surface area contributed by atoms with E-state index in [-0.39, 0.29) is 29.4 Å². The minimum Gasteiger partial charge on any atom is -0.318 e. The van der Waals surface area contributed by atoms with Crippen LogP contribution < -0.4 is 5.43 Å². The van der Waals surface area contributed by atoms with Crippen molar-refractivity contribution in [1.29, 1.82) is 0 Å². The van der Waals surface area contributed by atoms with E-state index in [2.05, 4.69) is 21.2 Å². The summed E-state index contributed by atoms with van der Waals surface area (Å²) in [6.07, 6.45) is 1.50. The number of hydrazone groups is 1. The van der Waals surface area contributed by atoms with Gasteiger partial charge in [0.25, 0.3) is 5.91 Å². The quantitative estimate of drug-likeness (QED) is 0.239. The number of carbonyl (C=O) groups excluding carboxylic acids is 1. The van der Waals surface area contributed by atoms with E-state index >= 15 is 0 Å². The topological polar surface area (TPSA) is 121 Å². The summed E-state index contributed by atoms with van der Waals surface area (Å²) in [6.45, 7) is 5.26. The Morgan fingerprint density at radius 3 is 2.07 bits per heavy atom. The molecule has 5 rings (SSSR count). The van der Waals surface area contributed by atoms with Gasteiger partial charge >= 0.3 is 0 Å². The summed E-state index contributed by atoms with van der Waals surface area (Å²) in [6, 6.07) is 24.3. The van der Waals surface area contributed by atoms with Crippen molar-refractivity contribution in [3.05, 3.63) is 114 Å². The van der Waals surface area contributed by atoms with Crippen molar-refractivity contribution in [3.8, 4) is 5.69 Å². The van der Waals surface area contributed by atoms with Gasteiger partial charge in [0.05, 0.1) is 16.0 Å². The number of amides is 1. The van der Waals surface area contributed by atoms with Crippen molar-refractivity contribution in [2.24, 2.45) is 5.10 Å². The Bertz CT molecular complexity index is 1870. The van der Waals surface area contributed by atoms with Gasteiger partial charge in [-0.2, -0.15) is 13.7 Å². The highest BCUT2D eigenvalue weighted by atomic mass is 32.2. The number of nitrogens with zero attached hydrogens (tertiary/aromatic N) is 4. The average Bonchev–Trinajstić information content (AvgIpc) is 3.29. The number of carbonyl (C=O) groups is 1. The highest BCUT2D eigenvalue weighted by Crippen LogP contribution is 2.26. The monoisotopic (exact) mass is 619 g/mol. The van der Waals surface area contributed by atoms with Crippen molar-refractivity contribution in [1.82, 2.24) is 18.6 Å². The van der Waals surface area contributed by atoms with E-state index in [1.807, 2.05) is 45.0 Å². The van der Waals surface area contributed by atoms with Crippen LogP contribution in [-0.4, -0.2) is 67.8 Å². The third-order valence-corrected chi connectivity index (χ3v) is 11.2. The molecule has 1 atom stereocenters. The maximum Gasteiger partial charge on any atom is 0.259 e. The number of aryl methyl sites for hydroxylation is 2. The van der Waals surface area contributed by atoms with Crippen molar-refractivity contribution < 1.29 is 21.6 Å². The molecular formula is C31H33N5O5S2. The third kappa shape index (κ3) is 6.18. The molecule has 1 aromatic heterocycles. The Balaban J connectivity index is 1.42. The largest absolute Gasteiger partial charge is 0.318 e. The first kappa shape index (κ1) is 30.4. The molecular weight excluding hydrogens is 587 g/mol. The third-order valence-electron chi connectivity index (χ3n) is 7.44. The molecule has 1 fully saturated rings. The zero-order chi connectivity index (χ0) is 30.8. The summed E-state index contributed by atoms with van der Waals surface area (Å²) in [5, 5.41) is 4.15. The molecule has 1 amide bonds. The predicted molar refractivity (Wildman–Crippen MR) is 165 cm³/mol. The Hall–Kier alpha value is -4.10. The van der Waals surface area contributed by atoms with Gasteiger partial charge in [-0.05, 0) is 68.8 Å². The minimum absolute atomic E-state index is 0.0132. The molecule has 1 aliphatic rings. The number of hydrogen-bond acceptors (Lipinski definition) is 6. The number of sulfonamides is 2. The molecule has 10 nitrogen and oxygen atoms in total. The summed E-state index contributed by atoms with van der Waals surface area (Å²) in [5.74, 6) is -0.740. The first-order valence-electron chi connectivity index (χ1n) is 13.7. The molecule has 1 aliphatic heterocycles. The molecule has 12 heteroatoms. The van der Waals surface area contributed by atoms with Gasteiger partial charge in [0.2, 0.25) is 20.0 Å². The van der Waals surface area contributed by atoms with Gasteiger partial charge < -0.3 is 4.57 Å². The lowest BCUT2D eigenvalue weighted by molar-refractivity contribution is -0.125. The summed E-state index contributed by atoms with van der Waals surface area (Å²) >= 11 is 0. The van der Waals surface area contributed by atoms with Crippen LogP contribution >= 0.6 is 0 Å². The SMILES string of the molecule is Cc1cccc(-n2c(C)cc(/C=N/NC(=O)C3CN(S(=O)(=O)c4ccccc4)CCN3S(=O)(=O)c3ccccc3)c2C)c1. The second-order valence-electron chi connectivity index (χ2n) is 10.4. The van der Waals surface area contributed by atoms with E-state index in [1.165, 1.54) is 30.5 Å². The maximum absolute atomic E-state index is 13.6. The molecule has 0 aliphatic carbocycles. The van der Waals surface area contributed by atoms with Gasteiger partial charge in [0.15, 0.2) is 0 Å². The Morgan fingerprint density at radius 2 is 1.44 bits per heavy atom. The maximum atomic E-state index is 13.6. The van der Waals surface area contributed by atoms with Crippen LogP contribution in [0.3, 0.4) is 0 Å². The van der Waals surface area contributed by atoms with Crippen LogP contribution in [0, 0.1) is 20.8 Å². The van der Waals surface area contributed by atoms with Crippen LogP contribution in [-0.2, 0) is 24.8 Å². The molecule has 1 saturated heterocycles. The number of piperazine rings is 1. The molecule has 3 aromatic carbocycles. The average molecular weight is 620 g/mol. The van der Waals surface area contributed by atoms with Gasteiger partial charge in [0.1, 0.15) is 6.04 Å². The molecule has 0 radical (unpaired) electrons. The smallest absolute Gasteiger partial charge is 0.259 e. The van der Waals surface area contributed by atoms with Gasteiger partial charge in [-0.15, -0.1) is 0 Å². The number of aromatic nitrogens is 1. The van der Waals surface area contributed by atoms with E-state index < -0.39 is 32.0 Å². The lowest BCUT2D eigenvalue weighted by Crippen LogP contribution is -2.60. The molecule has 2 heterocycles. The van der Waals surface area contributed by atoms with Crippen LogP contribution in [0.2, 0.25) is 0 Å². The molecule has 1 N–H and O–H groups in total. The minimum atomic E-state index is -4.11. The number of rotatable bonds is 8. The Labute approximate surface area is 252 Å². The van der Waals surface area contributed by atoms with Crippen LogP contribution in [0.4, 0.5) is 0 Å². The zero-order valence-electron chi connectivity index (χ0n) is 24.1. The van der Waals surface area contributed by atoms with Gasteiger partial charge in [-0.3, -0.25) is 4.79 Å². The van der Waals surface area contributed by atoms with Gasteiger partial charge in [0, 0.05) is 42.3 Å². The second-order valence-corrected chi connectivity index (χ2v) is 14.2. The molecule has 224 valence electrons. The molecule has 0 saturated carbocycles. The van der Waals surface area contributed by atoms with Gasteiger partial charge in [-0.1, -0.05) is 48.5 Å². The van der Waals surface area contributed by atoms with Crippen LogP contribution in [0.25, 0.3) is 5.69 Å². The summed E-state index contributed by atoms with van der Waals surface area (Å²) in [7, 11) is -8.09. The van der Waals surface area contributed by atoms with Crippen LogP contribution in [0.1, 0.15) is 22.5 Å². The van der Waals surface area contributed by atoms with Crippen molar-refractivity contribution in [3.63, 3.8) is 0 Å². The summed E-state index contributed by atoms with van der Waals surface area (Å²) in [4.78, 5) is 13.6. The number of benzene rings is 3. The number of nitrogens with one attached hydrogen (secondary N) is 1. The first-order chi connectivity index (χ1) is 20.5. The second kappa shape index (κ2) is 12.3. The fourth-order valence-corrected chi connectivity index (χ4v) is 8.30. The van der Waals surface area contributed by atoms with E-state index in [4.69, 9.17) is 0 Å². The van der Waals surface area contributed by atoms with E-state index in [0.717, 1.165) is 36.8 Å². The fraction of sp³-hybridized carbons (Fsp3) is 0.226. The highest BCUT2D eigenvalue weighted by molar-refractivity contribution is 7.89. The van der Waals surface area contributed by atoms with E-state index in [0.29, 0.717) is 0 Å². The fourth-order valence-electron chi connectivity index (χ4n) is 5.25.